The Bertz CT molecular complexity index is 1120. The summed E-state index contributed by atoms with van der Waals surface area (Å²) < 4.78 is 6.85. The minimum absolute atomic E-state index is 0.0980. The number of nitrogens with zero attached hydrogens (tertiary/aromatic N) is 3. The van der Waals surface area contributed by atoms with Gasteiger partial charge in [-0.15, -0.1) is 5.10 Å². The van der Waals surface area contributed by atoms with E-state index < -0.39 is 5.91 Å². The topological polar surface area (TPSA) is 98.1 Å². The lowest BCUT2D eigenvalue weighted by atomic mass is 10.0. The van der Waals surface area contributed by atoms with Crippen molar-refractivity contribution in [3.05, 3.63) is 70.8 Å². The Morgan fingerprint density at radius 2 is 2.03 bits per heavy atom. The van der Waals surface area contributed by atoms with Crippen molar-refractivity contribution >= 4 is 41.4 Å². The summed E-state index contributed by atoms with van der Waals surface area (Å²) in [7, 11) is 1.57. The van der Waals surface area contributed by atoms with Crippen LogP contribution in [0.1, 0.15) is 23.6 Å². The third-order valence-corrected chi connectivity index (χ3v) is 4.85. The fourth-order valence-electron chi connectivity index (χ4n) is 3.18. The molecule has 9 heteroatoms. The summed E-state index contributed by atoms with van der Waals surface area (Å²) in [5.74, 6) is 0.448. The van der Waals surface area contributed by atoms with E-state index in [4.69, 9.17) is 16.3 Å². The normalized spacial score (nSPS) is 15.5. The van der Waals surface area contributed by atoms with Gasteiger partial charge in [0, 0.05) is 16.7 Å². The lowest BCUT2D eigenvalue weighted by Crippen LogP contribution is -2.29. The maximum Gasteiger partial charge on any atom is 0.250 e. The van der Waals surface area contributed by atoms with E-state index in [0.29, 0.717) is 10.8 Å². The predicted molar refractivity (Wildman–Crippen MR) is 114 cm³/mol. The maximum atomic E-state index is 12.3. The summed E-state index contributed by atoms with van der Waals surface area (Å²) in [6.45, 7) is 0. The average Bonchev–Trinajstić information content (AvgIpc) is 3.14. The number of anilines is 2. The molecule has 8 nitrogen and oxygen atoms in total. The molecule has 2 heterocycles. The monoisotopic (exact) mass is 423 g/mol. The van der Waals surface area contributed by atoms with Gasteiger partial charge in [0.25, 0.3) is 11.9 Å². The zero-order chi connectivity index (χ0) is 21.1. The number of aromatic nitrogens is 3. The summed E-state index contributed by atoms with van der Waals surface area (Å²) in [5, 5.41) is 10.3. The molecule has 0 fully saturated rings. The van der Waals surface area contributed by atoms with Crippen molar-refractivity contribution < 1.29 is 14.3 Å². The van der Waals surface area contributed by atoms with Crippen LogP contribution >= 0.6 is 11.6 Å². The second kappa shape index (κ2) is 8.38. The zero-order valence-electron chi connectivity index (χ0n) is 16.0. The Labute approximate surface area is 177 Å². The lowest BCUT2D eigenvalue weighted by Gasteiger charge is -2.23. The molecule has 2 N–H and O–H groups in total. The number of hydrogen-bond acceptors (Lipinski definition) is 5. The first-order valence-electron chi connectivity index (χ1n) is 9.17. The number of hydrogen-bond donors (Lipinski definition) is 2. The first-order chi connectivity index (χ1) is 14.5. The minimum Gasteiger partial charge on any atom is -0.496 e. The van der Waals surface area contributed by atoms with Gasteiger partial charge in [0.05, 0.1) is 19.6 Å². The molecule has 4 rings (SSSR count). The smallest absolute Gasteiger partial charge is 0.250 e. The van der Waals surface area contributed by atoms with Crippen LogP contribution in [0.3, 0.4) is 0 Å². The van der Waals surface area contributed by atoms with E-state index in [2.05, 4.69) is 20.7 Å². The minimum atomic E-state index is -0.404. The van der Waals surface area contributed by atoms with Crippen LogP contribution in [-0.4, -0.2) is 33.7 Å². The highest BCUT2D eigenvalue weighted by molar-refractivity contribution is 6.30. The summed E-state index contributed by atoms with van der Waals surface area (Å²) in [6, 6.07) is 14.2. The van der Waals surface area contributed by atoms with Crippen LogP contribution in [0.4, 0.5) is 11.9 Å². The molecule has 0 radical (unpaired) electrons. The third kappa shape index (κ3) is 4.18. The van der Waals surface area contributed by atoms with E-state index >= 15 is 0 Å². The number of fused-ring (bicyclic) bond motifs is 1. The van der Waals surface area contributed by atoms with E-state index in [1.54, 1.807) is 30.0 Å². The first-order valence-corrected chi connectivity index (χ1v) is 9.55. The van der Waals surface area contributed by atoms with Crippen molar-refractivity contribution in [1.29, 1.82) is 0 Å². The van der Waals surface area contributed by atoms with Crippen molar-refractivity contribution in [2.45, 2.75) is 12.5 Å². The molecule has 2 amide bonds. The van der Waals surface area contributed by atoms with Gasteiger partial charge in [0.15, 0.2) is 0 Å². The molecule has 30 heavy (non-hydrogen) atoms. The van der Waals surface area contributed by atoms with E-state index in [1.165, 1.54) is 6.08 Å². The number of rotatable bonds is 5. The van der Waals surface area contributed by atoms with Crippen molar-refractivity contribution in [2.24, 2.45) is 0 Å². The third-order valence-electron chi connectivity index (χ3n) is 4.60. The Balaban J connectivity index is 1.53. The number of carbonyl (C=O) groups excluding carboxylic acids is 2. The molecule has 0 saturated carbocycles. The fraction of sp³-hybridized carbons (Fsp3) is 0.143. The van der Waals surface area contributed by atoms with Crippen molar-refractivity contribution in [3.8, 4) is 5.75 Å². The van der Waals surface area contributed by atoms with Crippen LogP contribution in [0, 0.1) is 0 Å². The van der Waals surface area contributed by atoms with Crippen LogP contribution < -0.4 is 15.4 Å². The molecule has 0 bridgehead atoms. The van der Waals surface area contributed by atoms with E-state index in [-0.39, 0.29) is 30.3 Å². The lowest BCUT2D eigenvalue weighted by molar-refractivity contribution is -0.117. The van der Waals surface area contributed by atoms with Gasteiger partial charge in [0.1, 0.15) is 5.75 Å². The van der Waals surface area contributed by atoms with Crippen LogP contribution in [0.15, 0.2) is 54.6 Å². The predicted octanol–water partition coefficient (Wildman–Crippen LogP) is 3.52. The number of ether oxygens (including phenoxy) is 1. The number of methoxy groups -OCH3 is 1. The quantitative estimate of drug-likeness (QED) is 0.612. The number of para-hydroxylation sites is 1. The van der Waals surface area contributed by atoms with Crippen molar-refractivity contribution in [1.82, 2.24) is 14.8 Å². The fourth-order valence-corrected chi connectivity index (χ4v) is 3.31. The maximum absolute atomic E-state index is 12.3. The number of amides is 2. The summed E-state index contributed by atoms with van der Waals surface area (Å²) in [4.78, 5) is 28.6. The van der Waals surface area contributed by atoms with Gasteiger partial charge in [-0.3, -0.25) is 20.2 Å². The van der Waals surface area contributed by atoms with Gasteiger partial charge in [-0.05, 0) is 29.8 Å². The highest BCUT2D eigenvalue weighted by Gasteiger charge is 2.29. The van der Waals surface area contributed by atoms with Gasteiger partial charge >= 0.3 is 0 Å². The van der Waals surface area contributed by atoms with Crippen LogP contribution in [-0.2, 0) is 9.59 Å². The Hall–Kier alpha value is -3.65. The van der Waals surface area contributed by atoms with Crippen molar-refractivity contribution in [3.63, 3.8) is 0 Å². The first kappa shape index (κ1) is 19.7. The molecule has 1 atom stereocenters. The second-order valence-corrected chi connectivity index (χ2v) is 7.02. The van der Waals surface area contributed by atoms with Crippen LogP contribution in [0.25, 0.3) is 6.08 Å². The Morgan fingerprint density at radius 1 is 1.27 bits per heavy atom. The summed E-state index contributed by atoms with van der Waals surface area (Å²) in [5.41, 5.74) is 1.64. The molecular weight excluding hydrogens is 406 g/mol. The molecule has 3 aromatic rings. The van der Waals surface area contributed by atoms with Crippen molar-refractivity contribution in [2.75, 3.05) is 17.7 Å². The highest BCUT2D eigenvalue weighted by Crippen LogP contribution is 2.30. The molecule has 1 aromatic heterocycles. The number of carbonyl (C=O) groups is 2. The average molecular weight is 424 g/mol. The number of halogens is 1. The molecule has 0 saturated heterocycles. The van der Waals surface area contributed by atoms with Gasteiger partial charge in [-0.1, -0.05) is 41.9 Å². The number of benzene rings is 2. The molecular formula is C21H18ClN5O3. The molecule has 152 valence electrons. The Kier molecular flexibility index (Phi) is 5.49. The van der Waals surface area contributed by atoms with Gasteiger partial charge in [-0.25, -0.2) is 4.68 Å². The molecule has 2 aromatic carbocycles. The largest absolute Gasteiger partial charge is 0.496 e. The zero-order valence-corrected chi connectivity index (χ0v) is 16.8. The van der Waals surface area contributed by atoms with E-state index in [0.717, 1.165) is 11.1 Å². The molecule has 1 aliphatic rings. The molecule has 0 unspecified atom stereocenters. The summed E-state index contributed by atoms with van der Waals surface area (Å²) in [6.07, 6.45) is 3.22. The van der Waals surface area contributed by atoms with Gasteiger partial charge in [0.2, 0.25) is 11.9 Å². The molecule has 0 aliphatic carbocycles. The molecule has 0 spiro atoms. The Morgan fingerprint density at radius 3 is 2.80 bits per heavy atom. The standard InChI is InChI=1S/C21H18ClN5O3/c1-30-17-5-3-2-4-14(17)8-11-18(28)23-20-25-21-24-19(29)12-16(27(21)26-20)13-6-9-15(22)10-7-13/h2-11,16H,12H2,1H3,(H2,23,24,25,26,28,29)/t16-/m0/s1. The van der Waals surface area contributed by atoms with Gasteiger partial charge in [-0.2, -0.15) is 4.98 Å². The van der Waals surface area contributed by atoms with E-state index in [1.807, 2.05) is 36.4 Å². The SMILES string of the molecule is COc1ccccc1C=CC(=O)Nc1nc2n(n1)[C@H](c1ccc(Cl)cc1)CC(=O)N2. The van der Waals surface area contributed by atoms with Gasteiger partial charge < -0.3 is 4.74 Å². The molecule has 1 aliphatic heterocycles. The summed E-state index contributed by atoms with van der Waals surface area (Å²) >= 11 is 5.96. The van der Waals surface area contributed by atoms with Crippen LogP contribution in [0.5, 0.6) is 5.75 Å². The van der Waals surface area contributed by atoms with Crippen LogP contribution in [0.2, 0.25) is 5.02 Å². The highest BCUT2D eigenvalue weighted by atomic mass is 35.5. The number of nitrogens with one attached hydrogen (secondary N) is 2. The van der Waals surface area contributed by atoms with E-state index in [9.17, 15) is 9.59 Å². The second-order valence-electron chi connectivity index (χ2n) is 6.59.